The molecule has 0 unspecified atom stereocenters. The highest BCUT2D eigenvalue weighted by Gasteiger charge is 2.15. The van der Waals surface area contributed by atoms with Gasteiger partial charge >= 0.3 is 0 Å². The summed E-state index contributed by atoms with van der Waals surface area (Å²) in [6.45, 7) is 4.01. The van der Waals surface area contributed by atoms with E-state index in [1.54, 1.807) is 12.1 Å². The van der Waals surface area contributed by atoms with Crippen LogP contribution < -0.4 is 5.73 Å². The number of rotatable bonds is 4. The van der Waals surface area contributed by atoms with Gasteiger partial charge in [-0.15, -0.1) is 0 Å². The van der Waals surface area contributed by atoms with Crippen molar-refractivity contribution in [1.29, 1.82) is 0 Å². The Hall–Kier alpha value is -3.14. The quantitative estimate of drug-likeness (QED) is 0.536. The molecule has 3 aromatic rings. The minimum atomic E-state index is -0.408. The lowest BCUT2D eigenvalue weighted by Crippen LogP contribution is -2.04. The predicted octanol–water partition coefficient (Wildman–Crippen LogP) is 4.55. The van der Waals surface area contributed by atoms with E-state index in [9.17, 15) is 14.3 Å². The smallest absolute Gasteiger partial charge is 0.196 e. The molecule has 0 aliphatic carbocycles. The Labute approximate surface area is 151 Å². The van der Waals surface area contributed by atoms with Crippen molar-refractivity contribution in [3.8, 4) is 5.75 Å². The minimum Gasteiger partial charge on any atom is -0.507 e. The van der Waals surface area contributed by atoms with Crippen LogP contribution in [0.2, 0.25) is 0 Å². The molecule has 3 aromatic carbocycles. The van der Waals surface area contributed by atoms with Crippen LogP contribution in [0, 0.1) is 19.7 Å². The van der Waals surface area contributed by atoms with Crippen molar-refractivity contribution in [3.63, 3.8) is 0 Å². The van der Waals surface area contributed by atoms with Gasteiger partial charge in [-0.3, -0.25) is 4.79 Å². The molecule has 0 heterocycles. The van der Waals surface area contributed by atoms with Crippen LogP contribution in [0.25, 0.3) is 0 Å². The van der Waals surface area contributed by atoms with Crippen LogP contribution in [0.1, 0.15) is 38.2 Å². The maximum atomic E-state index is 13.1. The maximum absolute atomic E-state index is 13.1. The van der Waals surface area contributed by atoms with Crippen LogP contribution in [0.5, 0.6) is 5.75 Å². The molecule has 3 N–H and O–H groups in total. The molecule has 0 aliphatic heterocycles. The summed E-state index contributed by atoms with van der Waals surface area (Å²) >= 11 is 0. The van der Waals surface area contributed by atoms with Crippen LogP contribution in [-0.4, -0.2) is 10.9 Å². The topological polar surface area (TPSA) is 63.3 Å². The number of phenols is 1. The number of carbonyl (C=O) groups is 1. The van der Waals surface area contributed by atoms with E-state index in [-0.39, 0.29) is 17.1 Å². The summed E-state index contributed by atoms with van der Waals surface area (Å²) in [6, 6.07) is 14.2. The number of aromatic hydroxyl groups is 1. The molecule has 0 aromatic heterocycles. The maximum Gasteiger partial charge on any atom is 0.196 e. The second kappa shape index (κ2) is 7.00. The fraction of sp³-hybridized carbons (Fsp3) is 0.136. The molecule has 0 saturated carbocycles. The Morgan fingerprint density at radius 3 is 2.23 bits per heavy atom. The first kappa shape index (κ1) is 17.7. The molecule has 0 saturated heterocycles. The highest BCUT2D eigenvalue weighted by molar-refractivity contribution is 6.10. The molecule has 132 valence electrons. The van der Waals surface area contributed by atoms with Crippen molar-refractivity contribution >= 4 is 11.5 Å². The second-order valence-corrected chi connectivity index (χ2v) is 6.50. The molecular formula is C22H20FNO2. The summed E-state index contributed by atoms with van der Waals surface area (Å²) in [5.74, 6) is -0.835. The average molecular weight is 349 g/mol. The minimum absolute atomic E-state index is 0.0891. The van der Waals surface area contributed by atoms with Gasteiger partial charge in [0, 0.05) is 11.3 Å². The number of anilines is 1. The molecule has 0 fully saturated rings. The van der Waals surface area contributed by atoms with E-state index >= 15 is 0 Å². The summed E-state index contributed by atoms with van der Waals surface area (Å²) < 4.78 is 13.1. The van der Waals surface area contributed by atoms with Crippen molar-refractivity contribution < 1.29 is 14.3 Å². The number of ketones is 1. The van der Waals surface area contributed by atoms with Gasteiger partial charge in [0.15, 0.2) is 5.78 Å². The lowest BCUT2D eigenvalue weighted by Gasteiger charge is -2.13. The monoisotopic (exact) mass is 349 g/mol. The number of nitrogens with two attached hydrogens (primary N) is 1. The van der Waals surface area contributed by atoms with Crippen LogP contribution in [0.4, 0.5) is 10.1 Å². The molecular weight excluding hydrogens is 329 g/mol. The van der Waals surface area contributed by atoms with Crippen LogP contribution in [-0.2, 0) is 6.42 Å². The van der Waals surface area contributed by atoms with E-state index in [0.29, 0.717) is 12.0 Å². The molecule has 26 heavy (non-hydrogen) atoms. The van der Waals surface area contributed by atoms with Crippen LogP contribution in [0.15, 0.2) is 54.6 Å². The van der Waals surface area contributed by atoms with Crippen molar-refractivity contribution in [1.82, 2.24) is 0 Å². The predicted molar refractivity (Wildman–Crippen MR) is 101 cm³/mol. The van der Waals surface area contributed by atoms with Gasteiger partial charge in [0.1, 0.15) is 11.6 Å². The van der Waals surface area contributed by atoms with E-state index in [1.807, 2.05) is 26.0 Å². The molecule has 0 aliphatic rings. The zero-order valence-corrected chi connectivity index (χ0v) is 14.7. The van der Waals surface area contributed by atoms with Crippen molar-refractivity contribution in [2.45, 2.75) is 20.3 Å². The summed E-state index contributed by atoms with van der Waals surface area (Å²) in [7, 11) is 0. The number of benzene rings is 3. The van der Waals surface area contributed by atoms with Gasteiger partial charge < -0.3 is 10.8 Å². The normalized spacial score (nSPS) is 10.7. The van der Waals surface area contributed by atoms with E-state index in [1.165, 1.54) is 30.3 Å². The lowest BCUT2D eigenvalue weighted by molar-refractivity contribution is 0.103. The first-order valence-electron chi connectivity index (χ1n) is 8.33. The standard InChI is InChI=1S/C22H20FNO2/c1-13-9-18(24)10-14(2)19(13)11-15-3-8-21(25)20(12-15)22(26)16-4-6-17(23)7-5-16/h3-10,12,25H,11,24H2,1-2H3. The molecule has 0 bridgehead atoms. The lowest BCUT2D eigenvalue weighted by atomic mass is 9.93. The van der Waals surface area contributed by atoms with Crippen molar-refractivity contribution in [2.75, 3.05) is 5.73 Å². The Balaban J connectivity index is 1.96. The number of carbonyl (C=O) groups excluding carboxylic acids is 1. The Bertz CT molecular complexity index is 955. The first-order chi connectivity index (χ1) is 12.3. The molecule has 3 rings (SSSR count). The van der Waals surface area contributed by atoms with Gasteiger partial charge in [0.2, 0.25) is 0 Å². The molecule has 0 radical (unpaired) electrons. The van der Waals surface area contributed by atoms with Gasteiger partial charge in [0.05, 0.1) is 5.56 Å². The molecule has 4 heteroatoms. The largest absolute Gasteiger partial charge is 0.507 e. The molecule has 0 spiro atoms. The van der Waals surface area contributed by atoms with Gasteiger partial charge in [-0.25, -0.2) is 4.39 Å². The summed E-state index contributed by atoms with van der Waals surface area (Å²) in [4.78, 5) is 12.7. The fourth-order valence-electron chi connectivity index (χ4n) is 3.14. The average Bonchev–Trinajstić information content (AvgIpc) is 2.59. The Kier molecular flexibility index (Phi) is 4.76. The van der Waals surface area contributed by atoms with Crippen molar-refractivity contribution in [2.24, 2.45) is 0 Å². The summed E-state index contributed by atoms with van der Waals surface area (Å²) in [6.07, 6.45) is 0.627. The van der Waals surface area contributed by atoms with E-state index in [0.717, 1.165) is 27.9 Å². The third-order valence-corrected chi connectivity index (χ3v) is 4.51. The number of halogens is 1. The first-order valence-corrected chi connectivity index (χ1v) is 8.33. The zero-order chi connectivity index (χ0) is 18.8. The van der Waals surface area contributed by atoms with E-state index in [2.05, 4.69) is 0 Å². The third kappa shape index (κ3) is 3.59. The molecule has 3 nitrogen and oxygen atoms in total. The van der Waals surface area contributed by atoms with E-state index in [4.69, 9.17) is 5.73 Å². The van der Waals surface area contributed by atoms with Crippen LogP contribution in [0.3, 0.4) is 0 Å². The highest BCUT2D eigenvalue weighted by Crippen LogP contribution is 2.26. The summed E-state index contributed by atoms with van der Waals surface area (Å²) in [5.41, 5.74) is 11.4. The highest BCUT2D eigenvalue weighted by atomic mass is 19.1. The van der Waals surface area contributed by atoms with Crippen molar-refractivity contribution in [3.05, 3.63) is 93.8 Å². The number of hydrogen-bond acceptors (Lipinski definition) is 3. The number of phenolic OH excluding ortho intramolecular Hbond substituents is 1. The fourth-order valence-corrected chi connectivity index (χ4v) is 3.14. The van der Waals surface area contributed by atoms with Crippen LogP contribution >= 0.6 is 0 Å². The number of hydrogen-bond donors (Lipinski definition) is 2. The van der Waals surface area contributed by atoms with Gasteiger partial charge in [0.25, 0.3) is 0 Å². The molecule has 0 amide bonds. The summed E-state index contributed by atoms with van der Waals surface area (Å²) in [5, 5.41) is 10.1. The molecule has 0 atom stereocenters. The number of nitrogen functional groups attached to an aromatic ring is 1. The second-order valence-electron chi connectivity index (χ2n) is 6.50. The van der Waals surface area contributed by atoms with Gasteiger partial charge in [-0.05, 0) is 91.1 Å². The number of aryl methyl sites for hydroxylation is 2. The Morgan fingerprint density at radius 2 is 1.62 bits per heavy atom. The third-order valence-electron chi connectivity index (χ3n) is 4.51. The Morgan fingerprint density at radius 1 is 1.00 bits per heavy atom. The van der Waals surface area contributed by atoms with E-state index < -0.39 is 5.82 Å². The van der Waals surface area contributed by atoms with Gasteiger partial charge in [-0.1, -0.05) is 6.07 Å². The zero-order valence-electron chi connectivity index (χ0n) is 14.7. The SMILES string of the molecule is Cc1cc(N)cc(C)c1Cc1ccc(O)c(C(=O)c2ccc(F)cc2)c1. The van der Waals surface area contributed by atoms with Gasteiger partial charge in [-0.2, -0.15) is 0 Å².